The highest BCUT2D eigenvalue weighted by Gasteiger charge is 2.40. The van der Waals surface area contributed by atoms with Crippen LogP contribution in [0.1, 0.15) is 122 Å². The number of aldehydes is 1. The van der Waals surface area contributed by atoms with E-state index in [0.29, 0.717) is 43.2 Å². The van der Waals surface area contributed by atoms with Crippen LogP contribution in [0.2, 0.25) is 0 Å². The van der Waals surface area contributed by atoms with Gasteiger partial charge in [-0.1, -0.05) is 108 Å². The fourth-order valence-corrected chi connectivity index (χ4v) is 11.4. The normalized spacial score (nSPS) is 14.8. The number of unbranched alkanes of at least 4 members (excludes halogenated alkanes) is 2. The molecule has 29 N–H and O–H groups in total. The number of aliphatic hydroxyl groups excluding tert-OH is 2. The number of guanidine groups is 3. The Hall–Kier alpha value is -10.2. The monoisotopic (exact) mass is 1600 g/mol. The first-order valence-electron chi connectivity index (χ1n) is 36.4. The van der Waals surface area contributed by atoms with Crippen molar-refractivity contribution < 1.29 is 82.4 Å². The Morgan fingerprint density at radius 3 is 1.23 bits per heavy atom. The molecule has 0 spiro atoms. The summed E-state index contributed by atoms with van der Waals surface area (Å²) in [5.74, 6) is -16.8. The molecule has 14 atom stereocenters. The third-order valence-corrected chi connectivity index (χ3v) is 18.3. The van der Waals surface area contributed by atoms with Gasteiger partial charge in [-0.25, -0.2) is 0 Å². The number of carbonyl (C=O) groups is 14. The van der Waals surface area contributed by atoms with E-state index in [0.717, 1.165) is 4.90 Å². The molecule has 0 saturated carbocycles. The van der Waals surface area contributed by atoms with Crippen molar-refractivity contribution in [3.8, 4) is 0 Å². The van der Waals surface area contributed by atoms with E-state index in [1.165, 1.54) is 0 Å². The Bertz CT molecular complexity index is 3450. The summed E-state index contributed by atoms with van der Waals surface area (Å²) in [5, 5.41) is 54.5. The molecule has 0 fully saturated rings. The molecule has 39 nitrogen and oxygen atoms in total. The van der Waals surface area contributed by atoms with Crippen LogP contribution in [0.5, 0.6) is 0 Å². The van der Waals surface area contributed by atoms with Crippen LogP contribution in [-0.2, 0) is 80.0 Å². The fourth-order valence-electron chi connectivity index (χ4n) is 10.9. The van der Waals surface area contributed by atoms with E-state index in [1.807, 2.05) is 0 Å². The Labute approximate surface area is 655 Å². The van der Waals surface area contributed by atoms with Crippen molar-refractivity contribution in [2.24, 2.45) is 72.7 Å². The molecule has 2 aromatic rings. The van der Waals surface area contributed by atoms with Crippen LogP contribution in [0, 0.1) is 11.8 Å². The second-order valence-electron chi connectivity index (χ2n) is 26.3. The summed E-state index contributed by atoms with van der Waals surface area (Å²) in [5.41, 5.74) is 45.6. The predicted molar refractivity (Wildman–Crippen MR) is 420 cm³/mol. The molecule has 618 valence electrons. The summed E-state index contributed by atoms with van der Waals surface area (Å²) in [4.78, 5) is 209. The number of rotatable bonds is 54. The number of carboxylic acid groups (broad SMARTS) is 1. The van der Waals surface area contributed by atoms with Crippen LogP contribution >= 0.6 is 25.3 Å². The van der Waals surface area contributed by atoms with Gasteiger partial charge in [0.25, 0.3) is 5.91 Å². The maximum absolute atomic E-state index is 14.9. The van der Waals surface area contributed by atoms with E-state index in [9.17, 15) is 82.4 Å². The first-order valence-corrected chi connectivity index (χ1v) is 37.7. The molecule has 0 radical (unpaired) electrons. The predicted octanol–water partition coefficient (Wildman–Crippen LogP) is -6.34. The van der Waals surface area contributed by atoms with Gasteiger partial charge in [-0.2, -0.15) is 25.3 Å². The molecular weight excluding hydrogens is 1490 g/mol. The summed E-state index contributed by atoms with van der Waals surface area (Å²) < 4.78 is 0. The summed E-state index contributed by atoms with van der Waals surface area (Å²) in [6.45, 7) is 4.94. The third-order valence-electron chi connectivity index (χ3n) is 17.6. The van der Waals surface area contributed by atoms with E-state index in [-0.39, 0.29) is 108 Å². The van der Waals surface area contributed by atoms with Crippen LogP contribution in [0.15, 0.2) is 75.6 Å². The van der Waals surface area contributed by atoms with Gasteiger partial charge in [0.15, 0.2) is 17.9 Å². The van der Waals surface area contributed by atoms with Crippen LogP contribution < -0.4 is 99.0 Å². The van der Waals surface area contributed by atoms with Gasteiger partial charge in [-0.05, 0) is 80.9 Å². The lowest BCUT2D eigenvalue weighted by molar-refractivity contribution is -0.152. The molecule has 2 aromatic carbocycles. The van der Waals surface area contributed by atoms with Crippen LogP contribution in [0.25, 0.3) is 0 Å². The van der Waals surface area contributed by atoms with Crippen molar-refractivity contribution in [3.63, 3.8) is 0 Å². The molecule has 0 heterocycles. The molecule has 2 rings (SSSR count). The Kier molecular flexibility index (Phi) is 46.1. The maximum atomic E-state index is 14.9. The number of benzene rings is 2. The molecule has 0 aliphatic carbocycles. The van der Waals surface area contributed by atoms with Crippen molar-refractivity contribution >= 4 is 126 Å². The molecule has 0 aliphatic rings. The topological polar surface area (TPSA) is 668 Å². The summed E-state index contributed by atoms with van der Waals surface area (Å²) in [7, 11) is 0. The van der Waals surface area contributed by atoms with Crippen LogP contribution in [-0.4, -0.2) is 245 Å². The van der Waals surface area contributed by atoms with Gasteiger partial charge >= 0.3 is 5.97 Å². The minimum absolute atomic E-state index is 0.0150. The highest BCUT2D eigenvalue weighted by molar-refractivity contribution is 7.80. The average molecular weight is 1600 g/mol. The molecular formula is C70H114N22O17S2. The number of carboxylic acids is 1. The van der Waals surface area contributed by atoms with E-state index in [4.69, 9.17) is 45.9 Å². The molecule has 0 aliphatic heterocycles. The zero-order chi connectivity index (χ0) is 83.3. The zero-order valence-corrected chi connectivity index (χ0v) is 64.8. The van der Waals surface area contributed by atoms with Crippen molar-refractivity contribution in [2.45, 2.75) is 197 Å². The fraction of sp³-hybridized carbons (Fsp3) is 0.586. The number of nitrogens with one attached hydrogen (secondary N) is 10. The number of aliphatic carboxylic acids is 1. The maximum Gasteiger partial charge on any atom is 0.305 e. The quantitative estimate of drug-likeness (QED) is 0.00963. The number of thiol groups is 2. The number of hydrogen-bond donors (Lipinski definition) is 23. The number of aliphatic imine (C=N–C) groups is 3. The largest absolute Gasteiger partial charge is 0.481 e. The summed E-state index contributed by atoms with van der Waals surface area (Å²) >= 11 is 8.57. The van der Waals surface area contributed by atoms with Crippen molar-refractivity contribution in [1.29, 1.82) is 0 Å². The highest BCUT2D eigenvalue weighted by atomic mass is 32.1. The molecule has 0 unspecified atom stereocenters. The van der Waals surface area contributed by atoms with E-state index in [1.54, 1.807) is 88.4 Å². The van der Waals surface area contributed by atoms with Gasteiger partial charge in [0.05, 0.1) is 25.7 Å². The Balaban J connectivity index is 2.63. The number of imide groups is 1. The van der Waals surface area contributed by atoms with Gasteiger partial charge in [-0.3, -0.25) is 82.2 Å². The second kappa shape index (κ2) is 52.8. The van der Waals surface area contributed by atoms with Gasteiger partial charge in [-0.15, -0.1) is 0 Å². The molecule has 0 aromatic heterocycles. The Morgan fingerprint density at radius 2 is 0.829 bits per heavy atom. The molecule has 0 saturated heterocycles. The number of amides is 12. The van der Waals surface area contributed by atoms with Crippen LogP contribution in [0.4, 0.5) is 0 Å². The Morgan fingerprint density at radius 1 is 0.459 bits per heavy atom. The van der Waals surface area contributed by atoms with Crippen molar-refractivity contribution in [3.05, 3.63) is 71.8 Å². The first-order chi connectivity index (χ1) is 52.7. The van der Waals surface area contributed by atoms with Gasteiger partial charge < -0.3 is 119 Å². The number of aliphatic hydroxyl groups is 2. The number of nitrogens with two attached hydrogens (primary N) is 8. The number of nitrogens with zero attached hydrogens (tertiary/aromatic N) is 4. The minimum atomic E-state index is -2.00. The second-order valence-corrected chi connectivity index (χ2v) is 27.0. The third kappa shape index (κ3) is 36.0. The SMILES string of the molecule is CC[C@H](C)[C@H](NC(=O)[C@H](CCCN=C(N)N)NC(=O)[C@H](Cc1ccccc1)NC(=O)[C@H](CS)NC(=O)[C@H](CO)NC(=O)[C@@H](N)CO)C(=O)N[C@@H](CC(=O)O)C(=O)N[C@@H](CCCN=C(N)N)C(=O)N[C@H](C(=O)N[C@@H](CS)C(=O)N[C@@H](Cc1ccccc1)C(=O)N(C(=O)CCCCCN)[C@H](C=O)CCCN=C(N)N)[C@@H](C)CC. The van der Waals surface area contributed by atoms with E-state index in [2.05, 4.69) is 93.4 Å². The average Bonchev–Trinajstić information content (AvgIpc) is 0.829. The first kappa shape index (κ1) is 96.8. The van der Waals surface area contributed by atoms with Gasteiger partial charge in [0, 0.05) is 50.4 Å². The highest BCUT2D eigenvalue weighted by Crippen LogP contribution is 2.18. The standard InChI is InChI=1S/C70H114N22O17S2/c1-5-39(3)55(90-58(100)45(24-17-29-80-69(75)76)82-60(102)47(31-41-19-10-7-11-20-41)84-63(105)51(37-110)88-62(104)50(36-95)87-57(99)44(72)35-94)65(107)85-48(33-54(97)98)61(103)83-46(25-18-30-81-70(77)78)59(101)91-56(40(4)6-2)66(108)89-52(38-111)64(106)86-49(32-42-21-12-8-13-22-42)67(109)92(53(96)26-14-9-15-27-71)43(34-93)23-16-28-79-68(73)74/h7-8,10-13,19-22,34,39-40,43-52,55-56,94-95,110-111H,5-6,9,14-18,23-33,35-38,71-72H2,1-4H3,(H,82,102)(H,83,103)(H,84,105)(H,85,107)(H,86,106)(H,87,99)(H,88,104)(H,89,108)(H,90,100)(H,91,101)(H,97,98)(H4,73,74,79)(H4,75,76,80)(H4,77,78,81)/t39-,40-,43-,44-,45-,46-,47-,48-,49-,50-,51-,52-,55-,56-/m0/s1. The summed E-state index contributed by atoms with van der Waals surface area (Å²) in [6.07, 6.45) is 0.155. The van der Waals surface area contributed by atoms with E-state index >= 15 is 0 Å². The van der Waals surface area contributed by atoms with E-state index < -0.39 is 192 Å². The van der Waals surface area contributed by atoms with Crippen molar-refractivity contribution in [1.82, 2.24) is 58.1 Å². The number of hydrogen-bond acceptors (Lipinski definition) is 23. The van der Waals surface area contributed by atoms with Crippen molar-refractivity contribution in [2.75, 3.05) is 50.9 Å². The minimum Gasteiger partial charge on any atom is -0.481 e. The van der Waals surface area contributed by atoms with Gasteiger partial charge in [0.1, 0.15) is 72.7 Å². The lowest BCUT2D eigenvalue weighted by atomic mass is 9.96. The lowest BCUT2D eigenvalue weighted by Crippen LogP contribution is -2.62. The lowest BCUT2D eigenvalue weighted by Gasteiger charge is -2.32. The smallest absolute Gasteiger partial charge is 0.305 e. The molecule has 0 bridgehead atoms. The summed E-state index contributed by atoms with van der Waals surface area (Å²) in [6, 6.07) is -2.20. The zero-order valence-electron chi connectivity index (χ0n) is 63.1. The molecule has 12 amide bonds. The van der Waals surface area contributed by atoms with Gasteiger partial charge in [0.2, 0.25) is 65.0 Å². The van der Waals surface area contributed by atoms with Crippen LogP contribution in [0.3, 0.4) is 0 Å². The molecule has 111 heavy (non-hydrogen) atoms. The molecule has 41 heteroatoms. The number of carbonyl (C=O) groups excluding carboxylic acids is 13.